The number of aromatic nitrogens is 1. The zero-order valence-corrected chi connectivity index (χ0v) is 16.7. The number of nitrogens with zero attached hydrogens (tertiary/aromatic N) is 3. The van der Waals surface area contributed by atoms with E-state index in [4.69, 9.17) is 0 Å². The van der Waals surface area contributed by atoms with E-state index in [0.29, 0.717) is 31.7 Å². The molecule has 5 nitrogen and oxygen atoms in total. The highest BCUT2D eigenvalue weighted by atomic mass is 32.1. The van der Waals surface area contributed by atoms with Gasteiger partial charge < -0.3 is 14.5 Å². The normalized spacial score (nSPS) is 14.9. The third-order valence-corrected chi connectivity index (χ3v) is 6.07. The van der Waals surface area contributed by atoms with Gasteiger partial charge in [0.05, 0.1) is 5.69 Å². The second kappa shape index (κ2) is 8.03. The Morgan fingerprint density at radius 2 is 1.76 bits per heavy atom. The predicted octanol–water partition coefficient (Wildman–Crippen LogP) is 4.73. The maximum absolute atomic E-state index is 12.6. The Kier molecular flexibility index (Phi) is 5.46. The smallest absolute Gasteiger partial charge is 0.406 e. The van der Waals surface area contributed by atoms with Gasteiger partial charge in [0.15, 0.2) is 5.13 Å². The molecule has 1 aliphatic rings. The fraction of sp³-hybridized carbons (Fsp3) is 0.263. The van der Waals surface area contributed by atoms with E-state index in [1.165, 1.54) is 12.1 Å². The lowest BCUT2D eigenvalue weighted by Gasteiger charge is -2.34. The van der Waals surface area contributed by atoms with Gasteiger partial charge in [-0.3, -0.25) is 4.79 Å². The van der Waals surface area contributed by atoms with Gasteiger partial charge in [0.2, 0.25) is 0 Å². The van der Waals surface area contributed by atoms with Crippen LogP contribution in [0.2, 0.25) is 0 Å². The number of thiophene rings is 1. The minimum atomic E-state index is -4.75. The number of rotatable bonds is 4. The van der Waals surface area contributed by atoms with Crippen LogP contribution < -0.4 is 9.64 Å². The van der Waals surface area contributed by atoms with Crippen LogP contribution in [0, 0.1) is 0 Å². The molecular weight excluding hydrogens is 423 g/mol. The number of halogens is 3. The summed E-state index contributed by atoms with van der Waals surface area (Å²) < 4.78 is 40.6. The van der Waals surface area contributed by atoms with Crippen molar-refractivity contribution in [3.05, 3.63) is 52.0 Å². The van der Waals surface area contributed by atoms with Gasteiger partial charge in [-0.25, -0.2) is 4.98 Å². The Morgan fingerprint density at radius 3 is 2.38 bits per heavy atom. The summed E-state index contributed by atoms with van der Waals surface area (Å²) in [6.45, 7) is 2.34. The Balaban J connectivity index is 1.35. The standard InChI is InChI=1S/C19H16F3N3O2S2/c20-19(21,22)27-15-3-1-13(2-4-15)17(26)24-6-8-25(9-7-24)18-23-16(12-29-18)14-5-10-28-11-14/h1-5,10-12H,6-9H2. The van der Waals surface area contributed by atoms with Crippen molar-refractivity contribution in [1.82, 2.24) is 9.88 Å². The first-order valence-corrected chi connectivity index (χ1v) is 10.6. The van der Waals surface area contributed by atoms with Gasteiger partial charge in [0.1, 0.15) is 5.75 Å². The zero-order valence-electron chi connectivity index (χ0n) is 15.1. The van der Waals surface area contributed by atoms with Crippen molar-refractivity contribution in [2.75, 3.05) is 31.1 Å². The van der Waals surface area contributed by atoms with Crippen molar-refractivity contribution in [3.8, 4) is 17.0 Å². The number of piperazine rings is 1. The number of thiazole rings is 1. The summed E-state index contributed by atoms with van der Waals surface area (Å²) in [6.07, 6.45) is -4.75. The van der Waals surface area contributed by atoms with Crippen LogP contribution in [0.4, 0.5) is 18.3 Å². The fourth-order valence-electron chi connectivity index (χ4n) is 3.03. The van der Waals surface area contributed by atoms with Crippen LogP contribution >= 0.6 is 22.7 Å². The van der Waals surface area contributed by atoms with E-state index in [-0.39, 0.29) is 11.7 Å². The third-order valence-electron chi connectivity index (χ3n) is 4.48. The molecule has 0 bridgehead atoms. The average Bonchev–Trinajstić information content (AvgIpc) is 3.39. The van der Waals surface area contributed by atoms with E-state index in [1.54, 1.807) is 27.6 Å². The highest BCUT2D eigenvalue weighted by Gasteiger charge is 2.31. The van der Waals surface area contributed by atoms with Crippen LogP contribution in [0.25, 0.3) is 11.3 Å². The van der Waals surface area contributed by atoms with E-state index >= 15 is 0 Å². The van der Waals surface area contributed by atoms with Crippen molar-refractivity contribution in [3.63, 3.8) is 0 Å². The maximum Gasteiger partial charge on any atom is 0.573 e. The monoisotopic (exact) mass is 439 g/mol. The number of hydrogen-bond donors (Lipinski definition) is 0. The first-order valence-electron chi connectivity index (χ1n) is 8.77. The van der Waals surface area contributed by atoms with Gasteiger partial charge in [-0.15, -0.1) is 24.5 Å². The van der Waals surface area contributed by atoms with E-state index < -0.39 is 6.36 Å². The molecule has 10 heteroatoms. The molecule has 29 heavy (non-hydrogen) atoms. The second-order valence-corrected chi connectivity index (χ2v) is 8.00. The van der Waals surface area contributed by atoms with Gasteiger partial charge in [-0.1, -0.05) is 0 Å². The van der Waals surface area contributed by atoms with E-state index in [9.17, 15) is 18.0 Å². The lowest BCUT2D eigenvalue weighted by atomic mass is 10.1. The lowest BCUT2D eigenvalue weighted by molar-refractivity contribution is -0.274. The molecule has 1 saturated heterocycles. The molecule has 1 amide bonds. The molecule has 0 N–H and O–H groups in total. The molecule has 152 valence electrons. The summed E-state index contributed by atoms with van der Waals surface area (Å²) in [5.74, 6) is -0.551. The zero-order chi connectivity index (χ0) is 20.4. The Morgan fingerprint density at radius 1 is 1.03 bits per heavy atom. The number of alkyl halides is 3. The highest BCUT2D eigenvalue weighted by Crippen LogP contribution is 2.29. The number of ether oxygens (including phenoxy) is 1. The first kappa shape index (κ1) is 19.7. The first-order chi connectivity index (χ1) is 13.9. The van der Waals surface area contributed by atoms with Crippen LogP contribution in [-0.4, -0.2) is 48.3 Å². The molecule has 3 aromatic rings. The number of carbonyl (C=O) groups excluding carboxylic acids is 1. The summed E-state index contributed by atoms with van der Waals surface area (Å²) in [5.41, 5.74) is 2.39. The van der Waals surface area contributed by atoms with Crippen LogP contribution in [0.5, 0.6) is 5.75 Å². The van der Waals surface area contributed by atoms with Crippen LogP contribution in [0.3, 0.4) is 0 Å². The maximum atomic E-state index is 12.6. The molecule has 2 aromatic heterocycles. The van der Waals surface area contributed by atoms with Gasteiger partial charge in [-0.05, 0) is 35.7 Å². The van der Waals surface area contributed by atoms with Crippen LogP contribution in [0.15, 0.2) is 46.5 Å². The predicted molar refractivity (Wildman–Crippen MR) is 107 cm³/mol. The van der Waals surface area contributed by atoms with Crippen molar-refractivity contribution in [2.45, 2.75) is 6.36 Å². The summed E-state index contributed by atoms with van der Waals surface area (Å²) in [4.78, 5) is 21.2. The van der Waals surface area contributed by atoms with Gasteiger partial charge in [0.25, 0.3) is 5.91 Å². The summed E-state index contributed by atoms with van der Waals surface area (Å²) >= 11 is 3.20. The molecular formula is C19H16F3N3O2S2. The highest BCUT2D eigenvalue weighted by molar-refractivity contribution is 7.14. The molecule has 0 atom stereocenters. The van der Waals surface area contributed by atoms with Gasteiger partial charge in [-0.2, -0.15) is 11.3 Å². The van der Waals surface area contributed by atoms with E-state index in [0.717, 1.165) is 28.5 Å². The molecule has 1 aliphatic heterocycles. The summed E-state index contributed by atoms with van der Waals surface area (Å²) in [7, 11) is 0. The molecule has 0 radical (unpaired) electrons. The molecule has 0 saturated carbocycles. The number of hydrogen-bond acceptors (Lipinski definition) is 6. The summed E-state index contributed by atoms with van der Waals surface area (Å²) in [5, 5.41) is 7.02. The van der Waals surface area contributed by atoms with Crippen molar-refractivity contribution in [2.24, 2.45) is 0 Å². The Bertz CT molecular complexity index is 964. The van der Waals surface area contributed by atoms with Gasteiger partial charge >= 0.3 is 6.36 Å². The van der Waals surface area contributed by atoms with E-state index in [1.807, 2.05) is 16.8 Å². The van der Waals surface area contributed by atoms with Gasteiger partial charge in [0, 0.05) is 48.1 Å². The van der Waals surface area contributed by atoms with Crippen molar-refractivity contribution in [1.29, 1.82) is 0 Å². The SMILES string of the molecule is O=C(c1ccc(OC(F)(F)F)cc1)N1CCN(c2nc(-c3ccsc3)cs2)CC1. The number of benzene rings is 1. The fourth-order valence-corrected chi connectivity index (χ4v) is 4.57. The van der Waals surface area contributed by atoms with Crippen LogP contribution in [0.1, 0.15) is 10.4 Å². The van der Waals surface area contributed by atoms with E-state index in [2.05, 4.69) is 20.0 Å². The Labute approximate surface area is 173 Å². The molecule has 1 aromatic carbocycles. The minimum Gasteiger partial charge on any atom is -0.406 e. The molecule has 1 fully saturated rings. The molecule has 0 aliphatic carbocycles. The number of anilines is 1. The van der Waals surface area contributed by atoms with Crippen molar-refractivity contribution < 1.29 is 22.7 Å². The lowest BCUT2D eigenvalue weighted by Crippen LogP contribution is -2.48. The second-order valence-electron chi connectivity index (χ2n) is 6.38. The number of carbonyl (C=O) groups is 1. The molecule has 0 unspecified atom stereocenters. The minimum absolute atomic E-state index is 0.207. The molecule has 3 heterocycles. The summed E-state index contributed by atoms with van der Waals surface area (Å²) in [6, 6.07) is 7.04. The third kappa shape index (κ3) is 4.70. The van der Waals surface area contributed by atoms with Crippen LogP contribution in [-0.2, 0) is 0 Å². The average molecular weight is 439 g/mol. The topological polar surface area (TPSA) is 45.7 Å². The largest absolute Gasteiger partial charge is 0.573 e. The Hall–Kier alpha value is -2.59. The quantitative estimate of drug-likeness (QED) is 0.590. The molecule has 4 rings (SSSR count). The molecule has 0 spiro atoms. The van der Waals surface area contributed by atoms with Crippen molar-refractivity contribution >= 4 is 33.7 Å². The number of amides is 1.